The number of benzene rings is 1. The molecule has 10 heteroatoms. The van der Waals surface area contributed by atoms with Crippen LogP contribution in [0.3, 0.4) is 0 Å². The van der Waals surface area contributed by atoms with Gasteiger partial charge in [-0.3, -0.25) is 4.90 Å². The number of fused-ring (bicyclic) bond motifs is 1. The van der Waals surface area contributed by atoms with Crippen LogP contribution in [0.2, 0.25) is 0 Å². The molecule has 1 unspecified atom stereocenters. The van der Waals surface area contributed by atoms with E-state index in [9.17, 15) is 9.59 Å². The van der Waals surface area contributed by atoms with Crippen molar-refractivity contribution in [3.05, 3.63) is 53.6 Å². The highest BCUT2D eigenvalue weighted by atomic mass is 16.6. The third-order valence-corrected chi connectivity index (χ3v) is 6.56. The summed E-state index contributed by atoms with van der Waals surface area (Å²) in [6.45, 7) is 15.3. The van der Waals surface area contributed by atoms with Gasteiger partial charge in [0.05, 0.1) is 31.1 Å². The molecule has 10 nitrogen and oxygen atoms in total. The van der Waals surface area contributed by atoms with E-state index in [0.29, 0.717) is 26.2 Å². The van der Waals surface area contributed by atoms with Gasteiger partial charge in [0.15, 0.2) is 0 Å². The number of likely N-dealkylation sites (tertiary alicyclic amines) is 1. The Kier molecular flexibility index (Phi) is 4.81. The number of piperidine rings is 1. The fourth-order valence-corrected chi connectivity index (χ4v) is 5.01. The van der Waals surface area contributed by atoms with Gasteiger partial charge >= 0.3 is 12.2 Å². The summed E-state index contributed by atoms with van der Waals surface area (Å²) in [4.78, 5) is 32.1. The van der Waals surface area contributed by atoms with Crippen molar-refractivity contribution in [3.63, 3.8) is 0 Å². The van der Waals surface area contributed by atoms with Crippen molar-refractivity contribution in [2.75, 3.05) is 24.5 Å². The van der Waals surface area contributed by atoms with Crippen LogP contribution in [0.1, 0.15) is 26.3 Å². The molecule has 2 aromatic rings. The summed E-state index contributed by atoms with van der Waals surface area (Å²) in [6, 6.07) is 7.56. The number of nitrogens with zero attached hydrogens (tertiary/aromatic N) is 6. The SMILES string of the molecule is [C-]#[N+]C1(c2ccc(N3C[C@H](Cn4ccnn4)OC3=O)cc2)[C@@H]2CN(C(=O)OC(C)(C)C)C[C@@H]21. The number of amides is 2. The molecule has 5 rings (SSSR count). The van der Waals surface area contributed by atoms with E-state index in [1.165, 1.54) is 0 Å². The maximum Gasteiger partial charge on any atom is 0.414 e. The Hall–Kier alpha value is -3.61. The van der Waals surface area contributed by atoms with Gasteiger partial charge in [0.2, 0.25) is 0 Å². The van der Waals surface area contributed by atoms with Crippen LogP contribution in [0, 0.1) is 18.4 Å². The number of ether oxygens (including phenoxy) is 2. The van der Waals surface area contributed by atoms with E-state index >= 15 is 0 Å². The largest absolute Gasteiger partial charge is 0.444 e. The first-order valence-electron chi connectivity index (χ1n) is 11.0. The van der Waals surface area contributed by atoms with Crippen molar-refractivity contribution in [3.8, 4) is 0 Å². The summed E-state index contributed by atoms with van der Waals surface area (Å²) >= 11 is 0. The zero-order valence-corrected chi connectivity index (χ0v) is 18.8. The molecule has 4 atom stereocenters. The van der Waals surface area contributed by atoms with E-state index in [-0.39, 0.29) is 24.0 Å². The Bertz CT molecular complexity index is 1090. The molecule has 3 aliphatic rings. The van der Waals surface area contributed by atoms with E-state index in [0.717, 1.165) is 11.3 Å². The minimum Gasteiger partial charge on any atom is -0.444 e. The molecule has 1 aliphatic carbocycles. The number of carbonyl (C=O) groups excluding carboxylic acids is 2. The van der Waals surface area contributed by atoms with Gasteiger partial charge in [-0.25, -0.2) is 20.8 Å². The number of carbonyl (C=O) groups is 2. The monoisotopic (exact) mass is 450 g/mol. The molecule has 33 heavy (non-hydrogen) atoms. The van der Waals surface area contributed by atoms with Crippen LogP contribution in [0.25, 0.3) is 4.85 Å². The van der Waals surface area contributed by atoms with Gasteiger partial charge in [-0.2, -0.15) is 0 Å². The van der Waals surface area contributed by atoms with Crippen molar-refractivity contribution >= 4 is 17.9 Å². The third-order valence-electron chi connectivity index (χ3n) is 6.56. The van der Waals surface area contributed by atoms with Gasteiger partial charge in [0, 0.05) is 30.5 Å². The molecule has 0 radical (unpaired) electrons. The van der Waals surface area contributed by atoms with E-state index < -0.39 is 17.2 Å². The van der Waals surface area contributed by atoms with Crippen LogP contribution in [-0.4, -0.2) is 63.4 Å². The van der Waals surface area contributed by atoms with Crippen LogP contribution < -0.4 is 4.90 Å². The van der Waals surface area contributed by atoms with Gasteiger partial charge in [0.25, 0.3) is 5.54 Å². The molecule has 1 saturated carbocycles. The van der Waals surface area contributed by atoms with Crippen LogP contribution in [0.15, 0.2) is 36.7 Å². The molecule has 3 heterocycles. The van der Waals surface area contributed by atoms with Gasteiger partial charge in [0.1, 0.15) is 11.7 Å². The molecular weight excluding hydrogens is 424 g/mol. The molecule has 2 amide bonds. The van der Waals surface area contributed by atoms with Gasteiger partial charge in [-0.15, -0.1) is 5.10 Å². The average molecular weight is 450 g/mol. The Morgan fingerprint density at radius 1 is 1.24 bits per heavy atom. The highest BCUT2D eigenvalue weighted by Crippen LogP contribution is 2.64. The summed E-state index contributed by atoms with van der Waals surface area (Å²) in [6.07, 6.45) is 2.28. The zero-order chi connectivity index (χ0) is 23.4. The van der Waals surface area contributed by atoms with Gasteiger partial charge in [-0.05, 0) is 45.0 Å². The second-order valence-corrected chi connectivity index (χ2v) is 9.82. The lowest BCUT2D eigenvalue weighted by atomic mass is 9.99. The Balaban J connectivity index is 1.24. The van der Waals surface area contributed by atoms with Crippen LogP contribution in [-0.2, 0) is 21.6 Å². The standard InChI is InChI=1S/C23H26N6O4/c1-22(2,3)33-20(30)27-13-18-19(14-27)23(18,24-4)15-5-7-16(8-6-15)29-12-17(32-21(29)31)11-28-10-9-25-26-28/h5-10,17-19H,11-14H2,1-3H3/t17-,18-,19+,23?/m0/s1. The number of hydrogen-bond acceptors (Lipinski definition) is 6. The highest BCUT2D eigenvalue weighted by molar-refractivity contribution is 5.89. The van der Waals surface area contributed by atoms with Crippen LogP contribution >= 0.6 is 0 Å². The smallest absolute Gasteiger partial charge is 0.414 e. The molecule has 1 aromatic heterocycles. The lowest BCUT2D eigenvalue weighted by Gasteiger charge is -2.26. The first-order valence-corrected chi connectivity index (χ1v) is 11.0. The van der Waals surface area contributed by atoms with E-state index in [1.54, 1.807) is 26.9 Å². The minimum atomic E-state index is -0.613. The lowest BCUT2D eigenvalue weighted by molar-refractivity contribution is 0.0265. The van der Waals surface area contributed by atoms with Crippen molar-refractivity contribution in [2.24, 2.45) is 11.8 Å². The third kappa shape index (κ3) is 3.67. The molecule has 172 valence electrons. The minimum absolute atomic E-state index is 0.0946. The van der Waals surface area contributed by atoms with E-state index in [4.69, 9.17) is 16.0 Å². The van der Waals surface area contributed by atoms with Crippen molar-refractivity contribution in [2.45, 2.75) is 44.6 Å². The maximum atomic E-state index is 12.4. The predicted molar refractivity (Wildman–Crippen MR) is 117 cm³/mol. The predicted octanol–water partition coefficient (Wildman–Crippen LogP) is 2.91. The molecule has 0 bridgehead atoms. The van der Waals surface area contributed by atoms with Crippen molar-refractivity contribution in [1.29, 1.82) is 0 Å². The maximum absolute atomic E-state index is 12.4. The number of hydrogen-bond donors (Lipinski definition) is 0. The highest BCUT2D eigenvalue weighted by Gasteiger charge is 2.77. The molecule has 2 saturated heterocycles. The second-order valence-electron chi connectivity index (χ2n) is 9.82. The number of rotatable bonds is 4. The summed E-state index contributed by atoms with van der Waals surface area (Å²) in [7, 11) is 0. The zero-order valence-electron chi connectivity index (χ0n) is 18.8. The fraction of sp³-hybridized carbons (Fsp3) is 0.522. The Morgan fingerprint density at radius 2 is 1.94 bits per heavy atom. The summed E-state index contributed by atoms with van der Waals surface area (Å²) in [5.41, 5.74) is 0.498. The van der Waals surface area contributed by atoms with Crippen molar-refractivity contribution < 1.29 is 19.1 Å². The average Bonchev–Trinajstić information content (AvgIpc) is 3.27. The summed E-state index contributed by atoms with van der Waals surface area (Å²) in [5.74, 6) is 0.189. The molecule has 2 aliphatic heterocycles. The van der Waals surface area contributed by atoms with Gasteiger partial charge < -0.3 is 19.2 Å². The first kappa shape index (κ1) is 21.2. The Labute approximate surface area is 191 Å². The first-order chi connectivity index (χ1) is 15.7. The topological polar surface area (TPSA) is 94.2 Å². The Morgan fingerprint density at radius 3 is 2.52 bits per heavy atom. The molecule has 1 aromatic carbocycles. The summed E-state index contributed by atoms with van der Waals surface area (Å²) < 4.78 is 12.6. The van der Waals surface area contributed by atoms with Crippen LogP contribution in [0.5, 0.6) is 0 Å². The molecule has 3 fully saturated rings. The second kappa shape index (κ2) is 7.47. The van der Waals surface area contributed by atoms with Crippen LogP contribution in [0.4, 0.5) is 15.3 Å². The van der Waals surface area contributed by atoms with E-state index in [1.807, 2.05) is 45.0 Å². The molecule has 0 spiro atoms. The quantitative estimate of drug-likeness (QED) is 0.665. The number of aromatic nitrogens is 3. The normalized spacial score (nSPS) is 28.3. The lowest BCUT2D eigenvalue weighted by Crippen LogP contribution is -2.38. The fourth-order valence-electron chi connectivity index (χ4n) is 5.01. The summed E-state index contributed by atoms with van der Waals surface area (Å²) in [5, 5.41) is 7.68. The van der Waals surface area contributed by atoms with Gasteiger partial charge in [-0.1, -0.05) is 5.21 Å². The number of cyclic esters (lactones) is 1. The molecule has 0 N–H and O–H groups in total. The number of anilines is 1. The van der Waals surface area contributed by atoms with Crippen molar-refractivity contribution in [1.82, 2.24) is 19.9 Å². The van der Waals surface area contributed by atoms with E-state index in [2.05, 4.69) is 15.2 Å². The molecular formula is C23H26N6O4.